The van der Waals surface area contributed by atoms with E-state index < -0.39 is 0 Å². The first-order chi connectivity index (χ1) is 24.3. The van der Waals surface area contributed by atoms with Gasteiger partial charge in [-0.25, -0.2) is 0 Å². The fourth-order valence-corrected chi connectivity index (χ4v) is 7.57. The van der Waals surface area contributed by atoms with Crippen LogP contribution in [0.3, 0.4) is 0 Å². The third-order valence-electron chi connectivity index (χ3n) is 9.88. The normalized spacial score (nSPS) is 11.7. The van der Waals surface area contributed by atoms with Crippen LogP contribution in [0.2, 0.25) is 0 Å². The van der Waals surface area contributed by atoms with Gasteiger partial charge in [0.2, 0.25) is 0 Å². The van der Waals surface area contributed by atoms with Gasteiger partial charge in [-0.2, -0.15) is 0 Å². The van der Waals surface area contributed by atoms with Crippen molar-refractivity contribution in [3.8, 4) is 39.1 Å². The van der Waals surface area contributed by atoms with Crippen molar-refractivity contribution < 1.29 is 0 Å². The molecule has 0 fully saturated rings. The Balaban J connectivity index is 1.01. The molecule has 0 saturated heterocycles. The van der Waals surface area contributed by atoms with Crippen LogP contribution in [-0.4, -0.2) is 14.5 Å². The fourth-order valence-electron chi connectivity index (χ4n) is 7.57. The minimum absolute atomic E-state index is 0.943. The van der Waals surface area contributed by atoms with Crippen LogP contribution in [0, 0.1) is 0 Å². The number of fused-ring (bicyclic) bond motifs is 9. The Morgan fingerprint density at radius 3 is 1.43 bits per heavy atom. The maximum Gasteiger partial charge on any atom is 0.0971 e. The van der Waals surface area contributed by atoms with Gasteiger partial charge < -0.3 is 4.57 Å². The summed E-state index contributed by atoms with van der Waals surface area (Å²) in [7, 11) is 0. The molecule has 0 unspecified atom stereocenters. The van der Waals surface area contributed by atoms with E-state index in [1.54, 1.807) is 12.4 Å². The number of nitrogens with zero attached hydrogens (tertiary/aromatic N) is 3. The van der Waals surface area contributed by atoms with E-state index in [2.05, 4.69) is 173 Å². The monoisotopic (exact) mass is 623 g/mol. The summed E-state index contributed by atoms with van der Waals surface area (Å²) in [5, 5.41) is 7.19. The molecule has 0 spiro atoms. The third-order valence-corrected chi connectivity index (χ3v) is 9.88. The largest absolute Gasteiger partial charge is 0.309 e. The average molecular weight is 624 g/mol. The molecular weight excluding hydrogens is 595 g/mol. The Morgan fingerprint density at radius 1 is 0.306 bits per heavy atom. The Labute approximate surface area is 283 Å². The quantitative estimate of drug-likeness (QED) is 0.183. The zero-order valence-electron chi connectivity index (χ0n) is 26.6. The van der Waals surface area contributed by atoms with Gasteiger partial charge in [-0.05, 0) is 80.6 Å². The lowest BCUT2D eigenvalue weighted by molar-refractivity contribution is 1.18. The zero-order valence-corrected chi connectivity index (χ0v) is 26.6. The van der Waals surface area contributed by atoms with E-state index in [4.69, 9.17) is 4.98 Å². The molecular formula is C46H29N3. The van der Waals surface area contributed by atoms with Gasteiger partial charge in [0.25, 0.3) is 0 Å². The second-order valence-corrected chi connectivity index (χ2v) is 12.6. The molecule has 0 aliphatic heterocycles. The van der Waals surface area contributed by atoms with Crippen molar-refractivity contribution in [3.63, 3.8) is 0 Å². The first-order valence-corrected chi connectivity index (χ1v) is 16.7. The molecule has 0 aliphatic rings. The van der Waals surface area contributed by atoms with Crippen LogP contribution in [0.25, 0.3) is 93.5 Å². The van der Waals surface area contributed by atoms with Gasteiger partial charge in [-0.3, -0.25) is 9.97 Å². The average Bonchev–Trinajstić information content (AvgIpc) is 3.52. The number of hydrogen-bond donors (Lipinski definition) is 0. The predicted molar refractivity (Wildman–Crippen MR) is 205 cm³/mol. The van der Waals surface area contributed by atoms with Crippen LogP contribution < -0.4 is 0 Å². The second-order valence-electron chi connectivity index (χ2n) is 12.6. The first-order valence-electron chi connectivity index (χ1n) is 16.7. The number of rotatable bonds is 4. The Bertz CT molecular complexity index is 2790. The van der Waals surface area contributed by atoms with E-state index >= 15 is 0 Å². The molecule has 0 atom stereocenters. The molecule has 3 nitrogen and oxygen atoms in total. The predicted octanol–water partition coefficient (Wildman–Crippen LogP) is 12.0. The van der Waals surface area contributed by atoms with Crippen LogP contribution in [0.1, 0.15) is 0 Å². The number of benzene rings is 8. The van der Waals surface area contributed by atoms with E-state index in [0.717, 1.165) is 27.5 Å². The van der Waals surface area contributed by atoms with Crippen molar-refractivity contribution in [2.75, 3.05) is 0 Å². The summed E-state index contributed by atoms with van der Waals surface area (Å²) in [6.07, 6.45) is 3.55. The summed E-state index contributed by atoms with van der Waals surface area (Å²) >= 11 is 0. The van der Waals surface area contributed by atoms with Gasteiger partial charge in [0.1, 0.15) is 0 Å². The Morgan fingerprint density at radius 2 is 0.776 bits per heavy atom. The lowest BCUT2D eigenvalue weighted by atomic mass is 9.94. The van der Waals surface area contributed by atoms with E-state index in [9.17, 15) is 0 Å². The molecule has 0 aliphatic carbocycles. The van der Waals surface area contributed by atoms with Gasteiger partial charge in [-0.1, -0.05) is 127 Å². The summed E-state index contributed by atoms with van der Waals surface area (Å²) < 4.78 is 2.38. The summed E-state index contributed by atoms with van der Waals surface area (Å²) in [5.74, 6) is 0. The van der Waals surface area contributed by atoms with Gasteiger partial charge in [0, 0.05) is 39.6 Å². The summed E-state index contributed by atoms with van der Waals surface area (Å²) in [6.45, 7) is 0. The van der Waals surface area contributed by atoms with Crippen molar-refractivity contribution in [1.82, 2.24) is 14.5 Å². The van der Waals surface area contributed by atoms with Crippen molar-refractivity contribution >= 4 is 54.4 Å². The van der Waals surface area contributed by atoms with E-state index in [-0.39, 0.29) is 0 Å². The van der Waals surface area contributed by atoms with Gasteiger partial charge >= 0.3 is 0 Å². The number of para-hydroxylation sites is 2. The van der Waals surface area contributed by atoms with Crippen molar-refractivity contribution in [2.24, 2.45) is 0 Å². The highest BCUT2D eigenvalue weighted by molar-refractivity contribution is 6.23. The van der Waals surface area contributed by atoms with Crippen LogP contribution in [-0.2, 0) is 0 Å². The fraction of sp³-hybridized carbons (Fsp3) is 0. The highest BCUT2D eigenvalue weighted by Gasteiger charge is 2.14. The van der Waals surface area contributed by atoms with E-state index in [0.29, 0.717) is 0 Å². The van der Waals surface area contributed by atoms with Gasteiger partial charge in [0.15, 0.2) is 0 Å². The van der Waals surface area contributed by atoms with Crippen molar-refractivity contribution in [1.29, 1.82) is 0 Å². The highest BCUT2D eigenvalue weighted by atomic mass is 15.0. The van der Waals surface area contributed by atoms with Gasteiger partial charge in [0.05, 0.1) is 22.1 Å². The summed E-state index contributed by atoms with van der Waals surface area (Å²) in [4.78, 5) is 9.39. The Hall–Kier alpha value is -6.58. The van der Waals surface area contributed by atoms with Crippen LogP contribution in [0.15, 0.2) is 176 Å². The molecule has 0 saturated carbocycles. The van der Waals surface area contributed by atoms with Crippen LogP contribution >= 0.6 is 0 Å². The SMILES string of the molecule is c1cc(-c2ccc(-c3ccc4c(c3)c3ccccc3c3nccnc43)cc2)cc(-c2cccc(-n3c4ccccc4c4ccccc43)c2)c1. The number of aromatic nitrogens is 3. The standard InChI is InChI=1S/C46H29N3/c1-2-16-40-37(13-1)42-29-35(23-24-41(42)46-45(40)47-25-26-48-46)31-21-19-30(20-22-31)32-9-7-10-33(27-32)34-11-8-12-36(28-34)49-43-17-5-3-14-38(43)39-15-4-6-18-44(39)49/h1-29H. The molecule has 49 heavy (non-hydrogen) atoms. The molecule has 8 aromatic carbocycles. The van der Waals surface area contributed by atoms with Crippen LogP contribution in [0.4, 0.5) is 0 Å². The maximum atomic E-state index is 4.71. The zero-order chi connectivity index (χ0) is 32.3. The summed E-state index contributed by atoms with van der Waals surface area (Å²) in [6, 6.07) is 59.2. The van der Waals surface area contributed by atoms with E-state index in [1.807, 2.05) is 0 Å². The molecule has 2 aromatic heterocycles. The third kappa shape index (κ3) is 4.44. The van der Waals surface area contributed by atoms with Crippen molar-refractivity contribution in [3.05, 3.63) is 176 Å². The van der Waals surface area contributed by atoms with E-state index in [1.165, 1.54) is 66.0 Å². The first kappa shape index (κ1) is 27.5. The molecule has 0 amide bonds. The topological polar surface area (TPSA) is 30.7 Å². The minimum atomic E-state index is 0.943. The molecule has 0 radical (unpaired) electrons. The maximum absolute atomic E-state index is 4.71. The van der Waals surface area contributed by atoms with Crippen molar-refractivity contribution in [2.45, 2.75) is 0 Å². The molecule has 2 heterocycles. The number of hydrogen-bond acceptors (Lipinski definition) is 2. The smallest absolute Gasteiger partial charge is 0.0971 e. The molecule has 10 aromatic rings. The molecule has 0 N–H and O–H groups in total. The second kappa shape index (κ2) is 11.0. The lowest BCUT2D eigenvalue weighted by Crippen LogP contribution is -1.94. The molecule has 228 valence electrons. The lowest BCUT2D eigenvalue weighted by Gasteiger charge is -2.12. The Kier molecular flexibility index (Phi) is 6.18. The molecule has 10 rings (SSSR count). The summed E-state index contributed by atoms with van der Waals surface area (Å²) in [5.41, 5.74) is 12.6. The molecule has 3 heteroatoms. The molecule has 0 bridgehead atoms. The van der Waals surface area contributed by atoms with Crippen LogP contribution in [0.5, 0.6) is 0 Å². The van der Waals surface area contributed by atoms with Gasteiger partial charge in [-0.15, -0.1) is 0 Å². The highest BCUT2D eigenvalue weighted by Crippen LogP contribution is 2.37. The minimum Gasteiger partial charge on any atom is -0.309 e.